The Labute approximate surface area is 154 Å². The Hall–Kier alpha value is -2.08. The first-order valence-electron chi connectivity index (χ1n) is 8.76. The number of nitrogens with one attached hydrogen (secondary N) is 2. The van der Waals surface area contributed by atoms with Crippen LogP contribution in [-0.4, -0.2) is 29.2 Å². The Morgan fingerprint density at radius 1 is 1.20 bits per heavy atom. The highest BCUT2D eigenvalue weighted by Crippen LogP contribution is 2.16. The number of rotatable bonds is 8. The molecule has 2 aromatic rings. The molecule has 0 saturated carbocycles. The van der Waals surface area contributed by atoms with Crippen molar-refractivity contribution >= 4 is 17.6 Å². The Morgan fingerprint density at radius 2 is 2.04 bits per heavy atom. The van der Waals surface area contributed by atoms with E-state index in [-0.39, 0.29) is 0 Å². The van der Waals surface area contributed by atoms with Crippen molar-refractivity contribution in [3.63, 3.8) is 0 Å². The zero-order chi connectivity index (χ0) is 18.1. The van der Waals surface area contributed by atoms with Crippen molar-refractivity contribution in [2.45, 2.75) is 46.6 Å². The van der Waals surface area contributed by atoms with Gasteiger partial charge in [-0.05, 0) is 31.4 Å². The summed E-state index contributed by atoms with van der Waals surface area (Å²) in [7, 11) is 0. The number of hydrogen-bond donors (Lipinski definition) is 2. The van der Waals surface area contributed by atoms with Crippen LogP contribution in [0.1, 0.15) is 43.4 Å². The number of guanidine groups is 1. The summed E-state index contributed by atoms with van der Waals surface area (Å²) in [5.41, 5.74) is 3.22. The zero-order valence-electron chi connectivity index (χ0n) is 15.1. The predicted octanol–water partition coefficient (Wildman–Crippen LogP) is 3.15. The topological polar surface area (TPSA) is 75.3 Å². The minimum absolute atomic E-state index is 0.513. The van der Waals surface area contributed by atoms with Gasteiger partial charge in [-0.1, -0.05) is 36.7 Å². The molecule has 0 atom stereocenters. The zero-order valence-corrected chi connectivity index (χ0v) is 15.9. The van der Waals surface area contributed by atoms with Gasteiger partial charge in [0.1, 0.15) is 10.9 Å². The highest BCUT2D eigenvalue weighted by molar-refractivity contribution is 6.29. The van der Waals surface area contributed by atoms with E-state index in [9.17, 15) is 0 Å². The van der Waals surface area contributed by atoms with E-state index in [4.69, 9.17) is 16.1 Å². The summed E-state index contributed by atoms with van der Waals surface area (Å²) in [5, 5.41) is 11.3. The van der Waals surface area contributed by atoms with Crippen LogP contribution >= 0.6 is 11.6 Å². The fourth-order valence-electron chi connectivity index (χ4n) is 2.50. The van der Waals surface area contributed by atoms with Crippen molar-refractivity contribution in [3.8, 4) is 0 Å². The average Bonchev–Trinajstić information content (AvgIpc) is 3.03. The van der Waals surface area contributed by atoms with Gasteiger partial charge >= 0.3 is 0 Å². The van der Waals surface area contributed by atoms with Crippen molar-refractivity contribution in [1.82, 2.24) is 20.8 Å². The maximum Gasteiger partial charge on any atom is 0.191 e. The van der Waals surface area contributed by atoms with E-state index in [1.165, 1.54) is 0 Å². The van der Waals surface area contributed by atoms with E-state index in [0.717, 1.165) is 60.9 Å². The molecule has 0 radical (unpaired) electrons. The molecule has 6 nitrogen and oxygen atoms in total. The van der Waals surface area contributed by atoms with E-state index in [1.807, 2.05) is 6.07 Å². The second-order valence-electron chi connectivity index (χ2n) is 5.60. The largest absolute Gasteiger partial charge is 0.361 e. The third-order valence-corrected chi connectivity index (χ3v) is 4.06. The number of aryl methyl sites for hydroxylation is 2. The fourth-order valence-corrected chi connectivity index (χ4v) is 2.61. The van der Waals surface area contributed by atoms with Crippen LogP contribution in [0.3, 0.4) is 0 Å². The summed E-state index contributed by atoms with van der Waals surface area (Å²) < 4.78 is 5.40. The van der Waals surface area contributed by atoms with Gasteiger partial charge in [-0.2, -0.15) is 0 Å². The molecule has 0 aliphatic heterocycles. The van der Waals surface area contributed by atoms with E-state index in [2.05, 4.69) is 46.5 Å². The third-order valence-electron chi connectivity index (χ3n) is 3.84. The maximum atomic E-state index is 5.81. The Bertz CT molecular complexity index is 660. The number of aliphatic imine (C=N–C) groups is 1. The number of pyridine rings is 1. The fraction of sp³-hybridized carbons (Fsp3) is 0.500. The van der Waals surface area contributed by atoms with Crippen LogP contribution in [0, 0.1) is 0 Å². The van der Waals surface area contributed by atoms with Crippen molar-refractivity contribution in [3.05, 3.63) is 46.1 Å². The number of aromatic nitrogens is 2. The lowest BCUT2D eigenvalue weighted by Crippen LogP contribution is -2.38. The molecule has 2 aromatic heterocycles. The second-order valence-corrected chi connectivity index (χ2v) is 5.99. The van der Waals surface area contributed by atoms with Crippen molar-refractivity contribution < 1.29 is 4.52 Å². The molecule has 0 aliphatic rings. The quantitative estimate of drug-likeness (QED) is 0.428. The first-order chi connectivity index (χ1) is 12.2. The van der Waals surface area contributed by atoms with Gasteiger partial charge in [0.2, 0.25) is 0 Å². The number of hydrogen-bond acceptors (Lipinski definition) is 4. The summed E-state index contributed by atoms with van der Waals surface area (Å²) >= 11 is 5.81. The first-order valence-corrected chi connectivity index (χ1v) is 9.14. The van der Waals surface area contributed by atoms with Crippen LogP contribution in [0.15, 0.2) is 27.8 Å². The highest BCUT2D eigenvalue weighted by Gasteiger charge is 2.13. The van der Waals surface area contributed by atoms with Crippen LogP contribution in [-0.2, 0) is 25.8 Å². The summed E-state index contributed by atoms with van der Waals surface area (Å²) in [6.45, 7) is 8.33. The molecule has 2 rings (SSSR count). The normalized spacial score (nSPS) is 11.6. The Morgan fingerprint density at radius 3 is 2.68 bits per heavy atom. The second kappa shape index (κ2) is 10.0. The molecule has 0 fully saturated rings. The van der Waals surface area contributed by atoms with Crippen molar-refractivity contribution in [1.29, 1.82) is 0 Å². The summed E-state index contributed by atoms with van der Waals surface area (Å²) in [5.74, 6) is 1.71. The van der Waals surface area contributed by atoms with E-state index >= 15 is 0 Å². The molecule has 0 unspecified atom stereocenters. The van der Waals surface area contributed by atoms with Gasteiger partial charge in [0.05, 0.1) is 12.2 Å². The van der Waals surface area contributed by atoms with Gasteiger partial charge in [0, 0.05) is 31.3 Å². The standard InChI is InChI=1S/C18H26ClN5O/c1-4-15-14(16(5-2)25-24-15)12-23-18(20-6-3)21-10-9-13-7-8-17(19)22-11-13/h7-8,11H,4-6,9-10,12H2,1-3H3,(H2,20,21,23). The molecular weight excluding hydrogens is 338 g/mol. The molecular formula is C18H26ClN5O. The molecule has 0 saturated heterocycles. The minimum atomic E-state index is 0.513. The van der Waals surface area contributed by atoms with Crippen LogP contribution in [0.4, 0.5) is 0 Å². The smallest absolute Gasteiger partial charge is 0.191 e. The molecule has 0 spiro atoms. The molecule has 2 heterocycles. The average molecular weight is 364 g/mol. The Balaban J connectivity index is 1.96. The molecule has 25 heavy (non-hydrogen) atoms. The molecule has 0 amide bonds. The SMILES string of the molecule is CCNC(=NCc1c(CC)noc1CC)NCCc1ccc(Cl)nc1. The summed E-state index contributed by atoms with van der Waals surface area (Å²) in [6.07, 6.45) is 4.32. The lowest BCUT2D eigenvalue weighted by atomic mass is 10.1. The van der Waals surface area contributed by atoms with Crippen LogP contribution in [0.2, 0.25) is 5.15 Å². The van der Waals surface area contributed by atoms with Gasteiger partial charge in [-0.25, -0.2) is 9.98 Å². The van der Waals surface area contributed by atoms with Gasteiger partial charge in [0.25, 0.3) is 0 Å². The molecule has 7 heteroatoms. The predicted molar refractivity (Wildman–Crippen MR) is 101 cm³/mol. The molecule has 0 aliphatic carbocycles. The van der Waals surface area contributed by atoms with Crippen molar-refractivity contribution in [2.75, 3.05) is 13.1 Å². The van der Waals surface area contributed by atoms with Crippen molar-refractivity contribution in [2.24, 2.45) is 4.99 Å². The van der Waals surface area contributed by atoms with Gasteiger partial charge < -0.3 is 15.2 Å². The van der Waals surface area contributed by atoms with E-state index < -0.39 is 0 Å². The summed E-state index contributed by atoms with van der Waals surface area (Å²) in [4.78, 5) is 8.77. The van der Waals surface area contributed by atoms with Crippen LogP contribution in [0.5, 0.6) is 0 Å². The van der Waals surface area contributed by atoms with Gasteiger partial charge in [0.15, 0.2) is 5.96 Å². The maximum absolute atomic E-state index is 5.81. The van der Waals surface area contributed by atoms with Gasteiger partial charge in [-0.15, -0.1) is 0 Å². The molecule has 0 aromatic carbocycles. The van der Waals surface area contributed by atoms with Gasteiger partial charge in [-0.3, -0.25) is 0 Å². The minimum Gasteiger partial charge on any atom is -0.361 e. The third kappa shape index (κ3) is 5.74. The van der Waals surface area contributed by atoms with E-state index in [0.29, 0.717) is 11.7 Å². The molecule has 0 bridgehead atoms. The number of nitrogens with zero attached hydrogens (tertiary/aromatic N) is 3. The van der Waals surface area contributed by atoms with E-state index in [1.54, 1.807) is 12.3 Å². The monoisotopic (exact) mass is 363 g/mol. The van der Waals surface area contributed by atoms with Crippen LogP contribution in [0.25, 0.3) is 0 Å². The lowest BCUT2D eigenvalue weighted by molar-refractivity contribution is 0.380. The summed E-state index contributed by atoms with van der Waals surface area (Å²) in [6, 6.07) is 3.79. The van der Waals surface area contributed by atoms with Crippen LogP contribution < -0.4 is 10.6 Å². The first kappa shape index (κ1) is 19.2. The molecule has 136 valence electrons. The highest BCUT2D eigenvalue weighted by atomic mass is 35.5. The number of halogens is 1. The Kier molecular flexibility index (Phi) is 7.73. The lowest BCUT2D eigenvalue weighted by Gasteiger charge is -2.11. The molecule has 2 N–H and O–H groups in total.